The Hall–Kier alpha value is -1.92. The van der Waals surface area contributed by atoms with Crippen LogP contribution in [0.1, 0.15) is 117 Å². The Morgan fingerprint density at radius 3 is 2.24 bits per heavy atom. The largest absolute Gasteiger partial charge is 0.342 e. The number of carbonyl (C=O) groups excluding carboxylic acids is 1. The summed E-state index contributed by atoms with van der Waals surface area (Å²) in [4.78, 5) is 25.6. The normalized spacial score (nSPS) is 35.9. The summed E-state index contributed by atoms with van der Waals surface area (Å²) in [6.45, 7) is 13.6. The van der Waals surface area contributed by atoms with Crippen LogP contribution in [0.2, 0.25) is 0 Å². The van der Waals surface area contributed by atoms with Crippen molar-refractivity contribution in [2.24, 2.45) is 29.6 Å². The third-order valence-corrected chi connectivity index (χ3v) is 13.3. The number of amides is 1. The highest BCUT2D eigenvalue weighted by atomic mass is 16.2. The SMILES string of the molecule is CCN(CC)C(=O)CN1CCC(CCc2nc3ccccc3n2C2CC3C(C)CC(C)C(C2)N3C2CC3CCCCC(C3)C2)C1. The van der Waals surface area contributed by atoms with E-state index in [-0.39, 0.29) is 5.91 Å². The van der Waals surface area contributed by atoms with Gasteiger partial charge in [-0.3, -0.25) is 14.6 Å². The molecule has 0 radical (unpaired) electrons. The molecular weight excluding hydrogens is 554 g/mol. The summed E-state index contributed by atoms with van der Waals surface area (Å²) < 4.78 is 2.73. The molecule has 248 valence electrons. The summed E-state index contributed by atoms with van der Waals surface area (Å²) in [5.74, 6) is 5.75. The van der Waals surface area contributed by atoms with Gasteiger partial charge in [0.2, 0.25) is 5.91 Å². The Labute approximate surface area is 273 Å². The lowest BCUT2D eigenvalue weighted by Crippen LogP contribution is -2.62. The first-order valence-electron chi connectivity index (χ1n) is 19.1. The molecule has 6 heteroatoms. The Kier molecular flexibility index (Phi) is 9.62. The minimum atomic E-state index is 0.287. The molecule has 0 spiro atoms. The fourth-order valence-corrected chi connectivity index (χ4v) is 11.1. The van der Waals surface area contributed by atoms with Crippen LogP contribution in [0.25, 0.3) is 11.0 Å². The van der Waals surface area contributed by atoms with Gasteiger partial charge < -0.3 is 9.47 Å². The molecule has 7 unspecified atom stereocenters. The number of likely N-dealkylation sites (tertiary alicyclic amines) is 1. The van der Waals surface area contributed by atoms with Gasteiger partial charge in [-0.25, -0.2) is 4.98 Å². The van der Waals surface area contributed by atoms with E-state index >= 15 is 0 Å². The molecule has 7 rings (SSSR count). The highest BCUT2D eigenvalue weighted by Gasteiger charge is 2.49. The average molecular weight is 616 g/mol. The number of fused-ring (bicyclic) bond motifs is 5. The number of hydrogen-bond donors (Lipinski definition) is 0. The predicted molar refractivity (Wildman–Crippen MR) is 184 cm³/mol. The second-order valence-electron chi connectivity index (χ2n) is 16.2. The lowest BCUT2D eigenvalue weighted by molar-refractivity contribution is -0.131. The van der Waals surface area contributed by atoms with Crippen LogP contribution in [0.15, 0.2) is 24.3 Å². The maximum Gasteiger partial charge on any atom is 0.236 e. The van der Waals surface area contributed by atoms with E-state index in [4.69, 9.17) is 4.98 Å². The number of carbonyl (C=O) groups is 1. The molecule has 4 heterocycles. The van der Waals surface area contributed by atoms with Gasteiger partial charge in [0.1, 0.15) is 5.82 Å². The molecule has 5 aliphatic rings. The summed E-state index contributed by atoms with van der Waals surface area (Å²) in [7, 11) is 0. The molecular formula is C39H61N5O. The second-order valence-corrected chi connectivity index (χ2v) is 16.2. The van der Waals surface area contributed by atoms with Gasteiger partial charge >= 0.3 is 0 Å². The summed E-state index contributed by atoms with van der Waals surface area (Å²) in [6.07, 6.45) is 17.7. The van der Waals surface area contributed by atoms with Crippen molar-refractivity contribution in [2.75, 3.05) is 32.7 Å². The van der Waals surface area contributed by atoms with Gasteiger partial charge in [0.25, 0.3) is 0 Å². The van der Waals surface area contributed by atoms with Crippen molar-refractivity contribution in [2.45, 2.75) is 135 Å². The Balaban J connectivity index is 1.08. The third kappa shape index (κ3) is 6.49. The highest BCUT2D eigenvalue weighted by molar-refractivity contribution is 5.78. The van der Waals surface area contributed by atoms with Gasteiger partial charge in [-0.1, -0.05) is 51.7 Å². The maximum absolute atomic E-state index is 12.8. The number of imidazole rings is 1. The van der Waals surface area contributed by atoms with Crippen LogP contribution in [0.4, 0.5) is 0 Å². The van der Waals surface area contributed by atoms with Crippen molar-refractivity contribution >= 4 is 16.9 Å². The number of para-hydroxylation sites is 2. The van der Waals surface area contributed by atoms with Crippen molar-refractivity contribution in [3.8, 4) is 0 Å². The molecule has 7 atom stereocenters. The van der Waals surface area contributed by atoms with Crippen molar-refractivity contribution < 1.29 is 4.79 Å². The first-order valence-corrected chi connectivity index (χ1v) is 19.1. The second kappa shape index (κ2) is 13.7. The monoisotopic (exact) mass is 615 g/mol. The standard InChI is InChI=1S/C39H61N5O/c1-5-42(6-2)39(45)26-41-18-17-29(25-41)15-16-38-40-34-13-9-10-14-35(34)44(38)33-23-36-27(3)19-28(4)37(24-33)43(36)32-21-30-11-7-8-12-31(20-30)22-32/h9-10,13-14,27-33,36-37H,5-8,11-12,15-26H2,1-4H3. The van der Waals surface area contributed by atoms with Crippen LogP contribution < -0.4 is 0 Å². The Morgan fingerprint density at radius 1 is 0.867 bits per heavy atom. The molecule has 5 fully saturated rings. The molecule has 45 heavy (non-hydrogen) atoms. The molecule has 6 nitrogen and oxygen atoms in total. The lowest BCUT2D eigenvalue weighted by atomic mass is 9.68. The lowest BCUT2D eigenvalue weighted by Gasteiger charge is -2.58. The maximum atomic E-state index is 12.8. The van der Waals surface area contributed by atoms with E-state index in [2.05, 4.69) is 66.3 Å². The number of likely N-dealkylation sites (N-methyl/N-ethyl adjacent to an activating group) is 1. The number of nitrogens with zero attached hydrogens (tertiary/aromatic N) is 5. The van der Waals surface area contributed by atoms with Gasteiger partial charge in [0, 0.05) is 50.2 Å². The van der Waals surface area contributed by atoms with Gasteiger partial charge in [-0.15, -0.1) is 0 Å². The number of piperidine rings is 2. The van der Waals surface area contributed by atoms with Gasteiger partial charge in [-0.05, 0) is 113 Å². The minimum absolute atomic E-state index is 0.287. The molecule has 0 N–H and O–H groups in total. The Bertz CT molecular complexity index is 1270. The number of aryl methyl sites for hydroxylation is 1. The van der Waals surface area contributed by atoms with E-state index in [0.29, 0.717) is 30.6 Å². The van der Waals surface area contributed by atoms with Crippen LogP contribution in [0.5, 0.6) is 0 Å². The summed E-state index contributed by atoms with van der Waals surface area (Å²) in [5.41, 5.74) is 2.53. The number of hydrogen-bond acceptors (Lipinski definition) is 4. The quantitative estimate of drug-likeness (QED) is 0.292. The van der Waals surface area contributed by atoms with Crippen LogP contribution in [0, 0.1) is 29.6 Å². The first kappa shape index (κ1) is 31.7. The minimum Gasteiger partial charge on any atom is -0.342 e. The van der Waals surface area contributed by atoms with Crippen molar-refractivity contribution in [3.05, 3.63) is 30.1 Å². The van der Waals surface area contributed by atoms with E-state index in [1.165, 1.54) is 93.9 Å². The van der Waals surface area contributed by atoms with Crippen LogP contribution in [-0.4, -0.2) is 81.0 Å². The predicted octanol–water partition coefficient (Wildman–Crippen LogP) is 7.57. The molecule has 1 amide bonds. The van der Waals surface area contributed by atoms with Gasteiger partial charge in [0.15, 0.2) is 0 Å². The molecule has 4 bridgehead atoms. The summed E-state index contributed by atoms with van der Waals surface area (Å²) >= 11 is 0. The van der Waals surface area contributed by atoms with E-state index in [1.54, 1.807) is 0 Å². The van der Waals surface area contributed by atoms with Crippen LogP contribution >= 0.6 is 0 Å². The third-order valence-electron chi connectivity index (χ3n) is 13.3. The molecule has 2 saturated carbocycles. The summed E-state index contributed by atoms with van der Waals surface area (Å²) in [5, 5.41) is 0. The molecule has 1 aromatic carbocycles. The van der Waals surface area contributed by atoms with Crippen molar-refractivity contribution in [1.82, 2.24) is 24.3 Å². The first-order chi connectivity index (χ1) is 21.9. The summed E-state index contributed by atoms with van der Waals surface area (Å²) in [6, 6.07) is 11.7. The van der Waals surface area contributed by atoms with Crippen LogP contribution in [-0.2, 0) is 11.2 Å². The zero-order chi connectivity index (χ0) is 31.1. The van der Waals surface area contributed by atoms with E-state index in [1.807, 2.05) is 4.90 Å². The van der Waals surface area contributed by atoms with Crippen molar-refractivity contribution in [1.29, 1.82) is 0 Å². The highest BCUT2D eigenvalue weighted by Crippen LogP contribution is 2.50. The fourth-order valence-electron chi connectivity index (χ4n) is 11.1. The molecule has 3 saturated heterocycles. The fraction of sp³-hybridized carbons (Fsp3) is 0.795. The topological polar surface area (TPSA) is 44.6 Å². The number of aromatic nitrogens is 2. The number of rotatable bonds is 9. The molecule has 2 aliphatic carbocycles. The van der Waals surface area contributed by atoms with E-state index in [9.17, 15) is 4.79 Å². The molecule has 3 aliphatic heterocycles. The zero-order valence-corrected chi connectivity index (χ0v) is 28.9. The van der Waals surface area contributed by atoms with Gasteiger partial charge in [-0.2, -0.15) is 0 Å². The van der Waals surface area contributed by atoms with Gasteiger partial charge in [0.05, 0.1) is 17.6 Å². The molecule has 2 aromatic rings. The van der Waals surface area contributed by atoms with Crippen molar-refractivity contribution in [3.63, 3.8) is 0 Å². The Morgan fingerprint density at radius 2 is 1.56 bits per heavy atom. The van der Waals surface area contributed by atoms with E-state index < -0.39 is 0 Å². The zero-order valence-electron chi connectivity index (χ0n) is 28.9. The molecule has 1 aromatic heterocycles. The number of benzene rings is 1. The van der Waals surface area contributed by atoms with E-state index in [0.717, 1.165) is 62.3 Å². The smallest absolute Gasteiger partial charge is 0.236 e. The average Bonchev–Trinajstić information content (AvgIpc) is 3.60. The van der Waals surface area contributed by atoms with Crippen LogP contribution in [0.3, 0.4) is 0 Å².